The molecule has 3 amide bonds. The van der Waals surface area contributed by atoms with Crippen LogP contribution in [-0.2, 0) is 4.79 Å². The third-order valence-corrected chi connectivity index (χ3v) is 6.45. The minimum absolute atomic E-state index is 0.0354. The molecule has 2 atom stereocenters. The summed E-state index contributed by atoms with van der Waals surface area (Å²) in [7, 11) is 0. The van der Waals surface area contributed by atoms with Gasteiger partial charge in [-0.15, -0.1) is 13.2 Å². The van der Waals surface area contributed by atoms with Crippen molar-refractivity contribution >= 4 is 17.7 Å². The number of amides is 3. The molecular formula is C27H28N2O3. The molecule has 1 saturated carbocycles. The Balaban J connectivity index is 1.74. The van der Waals surface area contributed by atoms with Gasteiger partial charge in [-0.2, -0.15) is 0 Å². The maximum atomic E-state index is 14.1. The molecular weight excluding hydrogens is 400 g/mol. The zero-order chi connectivity index (χ0) is 22.7. The Morgan fingerprint density at radius 2 is 1.53 bits per heavy atom. The van der Waals surface area contributed by atoms with Crippen LogP contribution in [-0.4, -0.2) is 39.6 Å². The van der Waals surface area contributed by atoms with Gasteiger partial charge in [0.2, 0.25) is 5.91 Å². The molecule has 2 aliphatic rings. The number of carbonyl (C=O) groups excluding carboxylic acids is 3. The molecule has 1 heterocycles. The van der Waals surface area contributed by atoms with Gasteiger partial charge in [-0.25, -0.2) is 0 Å². The summed E-state index contributed by atoms with van der Waals surface area (Å²) in [5.74, 6) is -1.08. The van der Waals surface area contributed by atoms with Crippen molar-refractivity contribution in [3.8, 4) is 0 Å². The van der Waals surface area contributed by atoms with Gasteiger partial charge in [-0.1, -0.05) is 67.5 Å². The number of carbonyl (C=O) groups is 3. The lowest BCUT2D eigenvalue weighted by Crippen LogP contribution is -2.53. The predicted molar refractivity (Wildman–Crippen MR) is 124 cm³/mol. The van der Waals surface area contributed by atoms with E-state index in [0.29, 0.717) is 11.1 Å². The standard InChI is InChI=1S/C27H28N2O3/c1-3-12-24(29-25(30)21-17-10-11-18-22(21)26(29)31)27(32)28(20-15-8-9-16-20)23(4-2)19-13-6-5-7-14-19/h3-7,10-11,13-14,17-18,20,23-24H,1-2,8-9,12,15-16H2/t23-,24?/m0/s1. The Labute approximate surface area is 189 Å². The molecule has 164 valence electrons. The normalized spacial score (nSPS) is 17.7. The summed E-state index contributed by atoms with van der Waals surface area (Å²) < 4.78 is 0. The summed E-state index contributed by atoms with van der Waals surface area (Å²) in [6.45, 7) is 7.81. The van der Waals surface area contributed by atoms with Gasteiger partial charge in [0.15, 0.2) is 0 Å². The Morgan fingerprint density at radius 1 is 0.969 bits per heavy atom. The van der Waals surface area contributed by atoms with E-state index in [9.17, 15) is 14.4 Å². The van der Waals surface area contributed by atoms with Gasteiger partial charge in [0.1, 0.15) is 6.04 Å². The van der Waals surface area contributed by atoms with Crippen LogP contribution in [0.15, 0.2) is 79.9 Å². The van der Waals surface area contributed by atoms with Gasteiger partial charge in [0.05, 0.1) is 17.2 Å². The van der Waals surface area contributed by atoms with Crippen LogP contribution >= 0.6 is 0 Å². The molecule has 5 nitrogen and oxygen atoms in total. The van der Waals surface area contributed by atoms with Crippen LogP contribution in [0.25, 0.3) is 0 Å². The molecule has 0 aromatic heterocycles. The predicted octanol–water partition coefficient (Wildman–Crippen LogP) is 4.93. The minimum atomic E-state index is -0.938. The van der Waals surface area contributed by atoms with Gasteiger partial charge in [-0.3, -0.25) is 19.3 Å². The molecule has 0 radical (unpaired) electrons. The summed E-state index contributed by atoms with van der Waals surface area (Å²) in [6, 6.07) is 15.3. The summed E-state index contributed by atoms with van der Waals surface area (Å²) in [4.78, 5) is 43.4. The first-order valence-corrected chi connectivity index (χ1v) is 11.2. The molecule has 32 heavy (non-hydrogen) atoms. The fourth-order valence-corrected chi connectivity index (χ4v) is 4.92. The highest BCUT2D eigenvalue weighted by Crippen LogP contribution is 2.35. The highest BCUT2D eigenvalue weighted by molar-refractivity contribution is 6.22. The number of nitrogens with zero attached hydrogens (tertiary/aromatic N) is 2. The van der Waals surface area contributed by atoms with Crippen molar-refractivity contribution in [3.63, 3.8) is 0 Å². The molecule has 0 N–H and O–H groups in total. The molecule has 0 bridgehead atoms. The number of imide groups is 1. The first-order valence-electron chi connectivity index (χ1n) is 11.2. The lowest BCUT2D eigenvalue weighted by atomic mass is 9.99. The maximum Gasteiger partial charge on any atom is 0.262 e. The van der Waals surface area contributed by atoms with E-state index < -0.39 is 17.9 Å². The topological polar surface area (TPSA) is 57.7 Å². The number of fused-ring (bicyclic) bond motifs is 1. The second-order valence-electron chi connectivity index (χ2n) is 8.34. The molecule has 0 saturated heterocycles. The van der Waals surface area contributed by atoms with E-state index in [1.54, 1.807) is 36.4 Å². The average Bonchev–Trinajstić information content (AvgIpc) is 3.44. The van der Waals surface area contributed by atoms with Crippen LogP contribution in [0.2, 0.25) is 0 Å². The van der Waals surface area contributed by atoms with Crippen molar-refractivity contribution in [1.82, 2.24) is 9.80 Å². The van der Waals surface area contributed by atoms with E-state index in [-0.39, 0.29) is 24.4 Å². The molecule has 1 fully saturated rings. The van der Waals surface area contributed by atoms with Gasteiger partial charge >= 0.3 is 0 Å². The summed E-state index contributed by atoms with van der Waals surface area (Å²) in [6.07, 6.45) is 7.46. The summed E-state index contributed by atoms with van der Waals surface area (Å²) in [5, 5.41) is 0. The number of hydrogen-bond acceptors (Lipinski definition) is 3. The Hall–Kier alpha value is -3.47. The van der Waals surface area contributed by atoms with Crippen LogP contribution in [0, 0.1) is 0 Å². The Kier molecular flexibility index (Phi) is 6.35. The van der Waals surface area contributed by atoms with Crippen molar-refractivity contribution < 1.29 is 14.4 Å². The second-order valence-corrected chi connectivity index (χ2v) is 8.34. The van der Waals surface area contributed by atoms with Gasteiger partial charge in [0.25, 0.3) is 11.8 Å². The van der Waals surface area contributed by atoms with E-state index in [4.69, 9.17) is 0 Å². The third-order valence-electron chi connectivity index (χ3n) is 6.45. The zero-order valence-electron chi connectivity index (χ0n) is 18.2. The molecule has 2 aromatic carbocycles. The monoisotopic (exact) mass is 428 g/mol. The maximum absolute atomic E-state index is 14.1. The summed E-state index contributed by atoms with van der Waals surface area (Å²) >= 11 is 0. The fourth-order valence-electron chi connectivity index (χ4n) is 4.92. The zero-order valence-corrected chi connectivity index (χ0v) is 18.2. The number of hydrogen-bond donors (Lipinski definition) is 0. The van der Waals surface area contributed by atoms with Crippen LogP contribution in [0.1, 0.15) is 64.4 Å². The first-order chi connectivity index (χ1) is 15.6. The molecule has 2 aromatic rings. The van der Waals surface area contributed by atoms with Gasteiger partial charge in [-0.05, 0) is 37.0 Å². The molecule has 4 rings (SSSR count). The SMILES string of the molecule is C=CCC(C(=O)N(C1CCCC1)[C@@H](C=C)c1ccccc1)N1C(=O)c2ccccc2C1=O. The Bertz CT molecular complexity index is 1000. The minimum Gasteiger partial charge on any atom is -0.327 e. The van der Waals surface area contributed by atoms with Crippen molar-refractivity contribution in [2.75, 3.05) is 0 Å². The van der Waals surface area contributed by atoms with Crippen LogP contribution in [0.5, 0.6) is 0 Å². The van der Waals surface area contributed by atoms with Crippen LogP contribution in [0.3, 0.4) is 0 Å². The van der Waals surface area contributed by atoms with Gasteiger partial charge < -0.3 is 4.90 Å². The average molecular weight is 429 g/mol. The lowest BCUT2D eigenvalue weighted by Gasteiger charge is -2.39. The largest absolute Gasteiger partial charge is 0.327 e. The quantitative estimate of drug-likeness (QED) is 0.443. The number of rotatable bonds is 8. The molecule has 1 aliphatic heterocycles. The summed E-state index contributed by atoms with van der Waals surface area (Å²) in [5.41, 5.74) is 1.65. The van der Waals surface area contributed by atoms with Crippen molar-refractivity contribution in [1.29, 1.82) is 0 Å². The molecule has 0 spiro atoms. The van der Waals surface area contributed by atoms with Crippen molar-refractivity contribution in [3.05, 3.63) is 96.6 Å². The fraction of sp³-hybridized carbons (Fsp3) is 0.296. The van der Waals surface area contributed by atoms with Crippen molar-refractivity contribution in [2.45, 2.75) is 50.2 Å². The van der Waals surface area contributed by atoms with E-state index in [2.05, 4.69) is 13.2 Å². The van der Waals surface area contributed by atoms with E-state index >= 15 is 0 Å². The van der Waals surface area contributed by atoms with E-state index in [0.717, 1.165) is 36.1 Å². The highest BCUT2D eigenvalue weighted by atomic mass is 16.2. The Morgan fingerprint density at radius 3 is 2.06 bits per heavy atom. The number of benzene rings is 2. The second kappa shape index (κ2) is 9.35. The third kappa shape index (κ3) is 3.79. The molecule has 1 aliphatic carbocycles. The first kappa shape index (κ1) is 21.8. The molecule has 1 unspecified atom stereocenters. The smallest absolute Gasteiger partial charge is 0.262 e. The molecule has 5 heteroatoms. The van der Waals surface area contributed by atoms with E-state index in [1.165, 1.54) is 0 Å². The van der Waals surface area contributed by atoms with E-state index in [1.807, 2.05) is 35.2 Å². The van der Waals surface area contributed by atoms with Crippen molar-refractivity contribution in [2.24, 2.45) is 0 Å². The lowest BCUT2D eigenvalue weighted by molar-refractivity contribution is -0.139. The van der Waals surface area contributed by atoms with Gasteiger partial charge in [0, 0.05) is 6.04 Å². The highest BCUT2D eigenvalue weighted by Gasteiger charge is 2.45. The van der Waals surface area contributed by atoms with Crippen LogP contribution in [0.4, 0.5) is 0 Å². The van der Waals surface area contributed by atoms with Crippen LogP contribution < -0.4 is 0 Å².